The van der Waals surface area contributed by atoms with Crippen LogP contribution < -0.4 is 0 Å². The second kappa shape index (κ2) is 4.06. The highest BCUT2D eigenvalue weighted by atomic mass is 16.3. The highest BCUT2D eigenvalue weighted by molar-refractivity contribution is 5.30. The van der Waals surface area contributed by atoms with Crippen molar-refractivity contribution in [2.24, 2.45) is 0 Å². The van der Waals surface area contributed by atoms with Gasteiger partial charge in [-0.15, -0.1) is 0 Å². The number of nitrogens with zero attached hydrogens (tertiary/aromatic N) is 3. The Balaban J connectivity index is 2.48. The van der Waals surface area contributed by atoms with Crippen molar-refractivity contribution >= 4 is 0 Å². The number of aromatic nitrogens is 3. The van der Waals surface area contributed by atoms with Crippen LogP contribution >= 0.6 is 0 Å². The predicted molar refractivity (Wildman–Crippen MR) is 61.5 cm³/mol. The maximum atomic E-state index is 9.51. The SMILES string of the molecule is Cc1cc(C)n(-c2cc([C@H](C)O)ccn2)n1. The maximum Gasteiger partial charge on any atom is 0.153 e. The van der Waals surface area contributed by atoms with Crippen LogP contribution in [-0.4, -0.2) is 19.9 Å². The van der Waals surface area contributed by atoms with Gasteiger partial charge in [-0.3, -0.25) is 0 Å². The number of hydrogen-bond donors (Lipinski definition) is 1. The molecule has 1 N–H and O–H groups in total. The van der Waals surface area contributed by atoms with E-state index in [-0.39, 0.29) is 0 Å². The summed E-state index contributed by atoms with van der Waals surface area (Å²) in [5, 5.41) is 13.9. The van der Waals surface area contributed by atoms with Gasteiger partial charge in [-0.05, 0) is 44.5 Å². The molecule has 2 rings (SSSR count). The molecule has 0 saturated carbocycles. The van der Waals surface area contributed by atoms with Crippen molar-refractivity contribution in [2.75, 3.05) is 0 Å². The molecular weight excluding hydrogens is 202 g/mol. The van der Waals surface area contributed by atoms with Gasteiger partial charge < -0.3 is 5.11 Å². The third-order valence-electron chi connectivity index (χ3n) is 2.48. The number of rotatable bonds is 2. The predicted octanol–water partition coefficient (Wildman–Crippen LogP) is 1.94. The zero-order chi connectivity index (χ0) is 11.7. The summed E-state index contributed by atoms with van der Waals surface area (Å²) < 4.78 is 1.78. The lowest BCUT2D eigenvalue weighted by molar-refractivity contribution is 0.199. The molecule has 0 bridgehead atoms. The highest BCUT2D eigenvalue weighted by Crippen LogP contribution is 2.15. The average molecular weight is 217 g/mol. The second-order valence-corrected chi connectivity index (χ2v) is 3.96. The van der Waals surface area contributed by atoms with Gasteiger partial charge in [0, 0.05) is 11.9 Å². The van der Waals surface area contributed by atoms with E-state index in [0.717, 1.165) is 22.8 Å². The summed E-state index contributed by atoms with van der Waals surface area (Å²) in [6.07, 6.45) is 1.20. The summed E-state index contributed by atoms with van der Waals surface area (Å²) in [4.78, 5) is 4.26. The molecule has 0 aliphatic rings. The van der Waals surface area contributed by atoms with Crippen molar-refractivity contribution in [3.8, 4) is 5.82 Å². The Morgan fingerprint density at radius 3 is 2.62 bits per heavy atom. The lowest BCUT2D eigenvalue weighted by Crippen LogP contribution is -2.03. The van der Waals surface area contributed by atoms with E-state index < -0.39 is 6.10 Å². The monoisotopic (exact) mass is 217 g/mol. The third-order valence-corrected chi connectivity index (χ3v) is 2.48. The lowest BCUT2D eigenvalue weighted by Gasteiger charge is -2.07. The quantitative estimate of drug-likeness (QED) is 0.836. The normalized spacial score (nSPS) is 12.8. The van der Waals surface area contributed by atoms with Crippen LogP contribution in [-0.2, 0) is 0 Å². The first-order valence-electron chi connectivity index (χ1n) is 5.25. The zero-order valence-electron chi connectivity index (χ0n) is 9.68. The molecule has 0 aliphatic heterocycles. The van der Waals surface area contributed by atoms with Crippen molar-refractivity contribution in [3.05, 3.63) is 41.3 Å². The Morgan fingerprint density at radius 1 is 1.31 bits per heavy atom. The largest absolute Gasteiger partial charge is 0.389 e. The lowest BCUT2D eigenvalue weighted by atomic mass is 10.2. The van der Waals surface area contributed by atoms with E-state index in [2.05, 4.69) is 10.1 Å². The summed E-state index contributed by atoms with van der Waals surface area (Å²) in [5.41, 5.74) is 2.84. The molecule has 16 heavy (non-hydrogen) atoms. The number of pyridine rings is 1. The molecule has 4 nitrogen and oxygen atoms in total. The fourth-order valence-electron chi connectivity index (χ4n) is 1.67. The fourth-order valence-corrected chi connectivity index (χ4v) is 1.67. The summed E-state index contributed by atoms with van der Waals surface area (Å²) in [6.45, 7) is 5.67. The standard InChI is InChI=1S/C12H15N3O/c1-8-6-9(2)15(14-8)12-7-11(10(3)16)4-5-13-12/h4-7,10,16H,1-3H3/t10-/m0/s1. The topological polar surface area (TPSA) is 50.9 Å². The molecule has 2 aromatic heterocycles. The van der Waals surface area contributed by atoms with Gasteiger partial charge in [-0.1, -0.05) is 0 Å². The Labute approximate surface area is 94.6 Å². The van der Waals surface area contributed by atoms with Gasteiger partial charge >= 0.3 is 0 Å². The van der Waals surface area contributed by atoms with E-state index in [4.69, 9.17) is 0 Å². The van der Waals surface area contributed by atoms with E-state index in [0.29, 0.717) is 0 Å². The Hall–Kier alpha value is -1.68. The molecule has 0 unspecified atom stereocenters. The summed E-state index contributed by atoms with van der Waals surface area (Å²) in [6, 6.07) is 5.65. The molecule has 2 heterocycles. The molecule has 0 spiro atoms. The van der Waals surface area contributed by atoms with Crippen LogP contribution in [0.5, 0.6) is 0 Å². The molecule has 0 aliphatic carbocycles. The first-order chi connectivity index (χ1) is 7.58. The van der Waals surface area contributed by atoms with E-state index >= 15 is 0 Å². The molecule has 0 radical (unpaired) electrons. The van der Waals surface area contributed by atoms with Crippen LogP contribution in [0.2, 0.25) is 0 Å². The fraction of sp³-hybridized carbons (Fsp3) is 0.333. The van der Waals surface area contributed by atoms with Crippen molar-refractivity contribution in [1.82, 2.24) is 14.8 Å². The minimum atomic E-state index is -0.487. The van der Waals surface area contributed by atoms with Crippen LogP contribution in [0.4, 0.5) is 0 Å². The molecule has 84 valence electrons. The molecular formula is C12H15N3O. The minimum absolute atomic E-state index is 0.487. The van der Waals surface area contributed by atoms with Crippen LogP contribution in [0.25, 0.3) is 5.82 Å². The van der Waals surface area contributed by atoms with Gasteiger partial charge in [0.1, 0.15) is 0 Å². The highest BCUT2D eigenvalue weighted by Gasteiger charge is 2.07. The van der Waals surface area contributed by atoms with E-state index in [9.17, 15) is 5.11 Å². The Kier molecular flexibility index (Phi) is 2.75. The Morgan fingerprint density at radius 2 is 2.06 bits per heavy atom. The summed E-state index contributed by atoms with van der Waals surface area (Å²) in [5.74, 6) is 0.740. The van der Waals surface area contributed by atoms with Crippen molar-refractivity contribution in [3.63, 3.8) is 0 Å². The van der Waals surface area contributed by atoms with Gasteiger partial charge in [-0.2, -0.15) is 5.10 Å². The zero-order valence-corrected chi connectivity index (χ0v) is 9.68. The number of aliphatic hydroxyl groups is 1. The molecule has 0 saturated heterocycles. The number of aliphatic hydroxyl groups excluding tert-OH is 1. The van der Waals surface area contributed by atoms with Gasteiger partial charge in [0.2, 0.25) is 0 Å². The molecule has 2 aromatic rings. The van der Waals surface area contributed by atoms with Gasteiger partial charge in [0.25, 0.3) is 0 Å². The van der Waals surface area contributed by atoms with Gasteiger partial charge in [0.05, 0.1) is 11.8 Å². The maximum absolute atomic E-state index is 9.51. The summed E-state index contributed by atoms with van der Waals surface area (Å²) in [7, 11) is 0. The van der Waals surface area contributed by atoms with Crippen LogP contribution in [0.3, 0.4) is 0 Å². The van der Waals surface area contributed by atoms with E-state index in [1.807, 2.05) is 26.0 Å². The minimum Gasteiger partial charge on any atom is -0.389 e. The molecule has 0 aromatic carbocycles. The summed E-state index contributed by atoms with van der Waals surface area (Å²) >= 11 is 0. The van der Waals surface area contributed by atoms with Crippen LogP contribution in [0.1, 0.15) is 30.0 Å². The van der Waals surface area contributed by atoms with E-state index in [1.165, 1.54) is 0 Å². The molecule has 0 amide bonds. The van der Waals surface area contributed by atoms with E-state index in [1.54, 1.807) is 23.9 Å². The third kappa shape index (κ3) is 1.97. The average Bonchev–Trinajstić information content (AvgIpc) is 2.58. The van der Waals surface area contributed by atoms with Gasteiger partial charge in [0.15, 0.2) is 5.82 Å². The smallest absolute Gasteiger partial charge is 0.153 e. The van der Waals surface area contributed by atoms with Gasteiger partial charge in [-0.25, -0.2) is 9.67 Å². The van der Waals surface area contributed by atoms with Crippen molar-refractivity contribution in [1.29, 1.82) is 0 Å². The first kappa shape index (κ1) is 10.8. The Bertz CT molecular complexity index is 503. The molecule has 1 atom stereocenters. The van der Waals surface area contributed by atoms with Crippen molar-refractivity contribution < 1.29 is 5.11 Å². The second-order valence-electron chi connectivity index (χ2n) is 3.96. The van der Waals surface area contributed by atoms with Crippen LogP contribution in [0, 0.1) is 13.8 Å². The number of hydrogen-bond acceptors (Lipinski definition) is 3. The first-order valence-corrected chi connectivity index (χ1v) is 5.25. The molecule has 4 heteroatoms. The molecule has 0 fully saturated rings. The van der Waals surface area contributed by atoms with Crippen molar-refractivity contribution in [2.45, 2.75) is 26.9 Å². The van der Waals surface area contributed by atoms with Crippen LogP contribution in [0.15, 0.2) is 24.4 Å². The number of aryl methyl sites for hydroxylation is 2.